The molecule has 39 heavy (non-hydrogen) atoms. The molecule has 0 aromatic heterocycles. The van der Waals surface area contributed by atoms with E-state index in [4.69, 9.17) is 9.26 Å². The van der Waals surface area contributed by atoms with Crippen molar-refractivity contribution >= 4 is 23.9 Å². The molecule has 0 N–H and O–H groups in total. The van der Waals surface area contributed by atoms with E-state index >= 15 is 0 Å². The first-order valence-corrected chi connectivity index (χ1v) is 14.5. The summed E-state index contributed by atoms with van der Waals surface area (Å²) in [6.45, 7) is 0. The van der Waals surface area contributed by atoms with E-state index in [0.717, 1.165) is 11.1 Å². The summed E-state index contributed by atoms with van der Waals surface area (Å²) in [4.78, 5) is 13.2. The SMILES string of the molecule is O=C(OC(CC(OP(=O)(c1ccccc1)c1ccccc1)c1ccccc1)c1ccccc1)c1ccccc1. The topological polar surface area (TPSA) is 52.6 Å². The van der Waals surface area contributed by atoms with Crippen molar-refractivity contribution < 1.29 is 18.6 Å². The Bertz CT molecular complexity index is 1470. The first kappa shape index (κ1) is 26.4. The molecule has 0 amide bonds. The molecule has 5 rings (SSSR count). The zero-order valence-electron chi connectivity index (χ0n) is 21.4. The summed E-state index contributed by atoms with van der Waals surface area (Å²) < 4.78 is 27.6. The van der Waals surface area contributed by atoms with Gasteiger partial charge in [0.1, 0.15) is 6.10 Å². The summed E-state index contributed by atoms with van der Waals surface area (Å²) in [6.07, 6.45) is -0.994. The molecule has 5 aromatic rings. The predicted molar refractivity (Wildman–Crippen MR) is 156 cm³/mol. The lowest BCUT2D eigenvalue weighted by atomic mass is 9.98. The van der Waals surface area contributed by atoms with E-state index in [9.17, 15) is 9.36 Å². The molecule has 0 aliphatic rings. The fourth-order valence-corrected chi connectivity index (χ4v) is 6.73. The van der Waals surface area contributed by atoms with Gasteiger partial charge in [-0.3, -0.25) is 4.57 Å². The van der Waals surface area contributed by atoms with Crippen molar-refractivity contribution in [3.05, 3.63) is 168 Å². The van der Waals surface area contributed by atoms with Crippen molar-refractivity contribution in [2.75, 3.05) is 0 Å². The van der Waals surface area contributed by atoms with E-state index in [-0.39, 0.29) is 6.42 Å². The molecule has 0 spiro atoms. The Hall–Kier alpha value is -4.24. The summed E-state index contributed by atoms with van der Waals surface area (Å²) >= 11 is 0. The molecule has 2 atom stereocenters. The van der Waals surface area contributed by atoms with Crippen LogP contribution in [-0.4, -0.2) is 5.97 Å². The average Bonchev–Trinajstić information content (AvgIpc) is 3.02. The first-order chi connectivity index (χ1) is 19.1. The number of benzene rings is 5. The quantitative estimate of drug-likeness (QED) is 0.137. The second kappa shape index (κ2) is 12.5. The molecule has 194 valence electrons. The highest BCUT2D eigenvalue weighted by atomic mass is 31.2. The van der Waals surface area contributed by atoms with Crippen molar-refractivity contribution in [1.82, 2.24) is 0 Å². The van der Waals surface area contributed by atoms with Gasteiger partial charge in [0.2, 0.25) is 0 Å². The van der Waals surface area contributed by atoms with Gasteiger partial charge in [0.25, 0.3) is 7.37 Å². The van der Waals surface area contributed by atoms with Gasteiger partial charge in [0.15, 0.2) is 0 Å². The molecule has 5 heteroatoms. The summed E-state index contributed by atoms with van der Waals surface area (Å²) in [7, 11) is -3.53. The summed E-state index contributed by atoms with van der Waals surface area (Å²) in [5, 5.41) is 1.21. The Morgan fingerprint density at radius 1 is 0.538 bits per heavy atom. The van der Waals surface area contributed by atoms with E-state index in [0.29, 0.717) is 16.2 Å². The Labute approximate surface area is 229 Å². The molecule has 4 nitrogen and oxygen atoms in total. The highest BCUT2D eigenvalue weighted by Gasteiger charge is 2.34. The second-order valence-corrected chi connectivity index (χ2v) is 11.5. The van der Waals surface area contributed by atoms with Crippen LogP contribution in [0.4, 0.5) is 0 Å². The third kappa shape index (κ3) is 6.43. The second-order valence-electron chi connectivity index (χ2n) is 9.13. The number of carbonyl (C=O) groups excluding carboxylic acids is 1. The number of ether oxygens (including phenoxy) is 1. The van der Waals surface area contributed by atoms with Crippen LogP contribution in [0.2, 0.25) is 0 Å². The van der Waals surface area contributed by atoms with Gasteiger partial charge in [-0.15, -0.1) is 0 Å². The van der Waals surface area contributed by atoms with Crippen LogP contribution in [0.5, 0.6) is 0 Å². The van der Waals surface area contributed by atoms with Crippen LogP contribution >= 0.6 is 7.37 Å². The van der Waals surface area contributed by atoms with Crippen LogP contribution in [0, 0.1) is 0 Å². The van der Waals surface area contributed by atoms with E-state index in [1.807, 2.05) is 127 Å². The fourth-order valence-electron chi connectivity index (χ4n) is 4.49. The largest absolute Gasteiger partial charge is 0.454 e. The molecular formula is C34H29O4P. The number of carbonyl (C=O) groups is 1. The minimum absolute atomic E-state index is 0.274. The van der Waals surface area contributed by atoms with Gasteiger partial charge in [0, 0.05) is 17.0 Å². The van der Waals surface area contributed by atoms with Gasteiger partial charge in [-0.1, -0.05) is 115 Å². The maximum absolute atomic E-state index is 14.8. The summed E-state index contributed by atoms with van der Waals surface area (Å²) in [5.74, 6) is -0.425. The lowest BCUT2D eigenvalue weighted by molar-refractivity contribution is 0.0173. The molecule has 0 bridgehead atoms. The molecule has 0 heterocycles. The Morgan fingerprint density at radius 3 is 1.38 bits per heavy atom. The molecule has 2 unspecified atom stereocenters. The highest BCUT2D eigenvalue weighted by molar-refractivity contribution is 7.74. The molecule has 0 saturated heterocycles. The zero-order valence-corrected chi connectivity index (χ0v) is 22.3. The Kier molecular flexibility index (Phi) is 8.48. The van der Waals surface area contributed by atoms with Crippen molar-refractivity contribution in [1.29, 1.82) is 0 Å². The smallest absolute Gasteiger partial charge is 0.338 e. The van der Waals surface area contributed by atoms with Gasteiger partial charge >= 0.3 is 5.97 Å². The monoisotopic (exact) mass is 532 g/mol. The van der Waals surface area contributed by atoms with Crippen molar-refractivity contribution in [2.45, 2.75) is 18.6 Å². The van der Waals surface area contributed by atoms with E-state index in [1.54, 1.807) is 24.3 Å². The molecule has 5 aromatic carbocycles. The molecule has 0 radical (unpaired) electrons. The Morgan fingerprint density at radius 2 is 0.923 bits per heavy atom. The van der Waals surface area contributed by atoms with Crippen molar-refractivity contribution in [3.8, 4) is 0 Å². The van der Waals surface area contributed by atoms with Gasteiger partial charge in [-0.05, 0) is 47.5 Å². The van der Waals surface area contributed by atoms with Crippen molar-refractivity contribution in [2.24, 2.45) is 0 Å². The third-order valence-corrected chi connectivity index (χ3v) is 9.00. The van der Waals surface area contributed by atoms with Gasteiger partial charge in [0.05, 0.1) is 11.7 Å². The normalized spacial score (nSPS) is 12.8. The number of esters is 1. The molecular weight excluding hydrogens is 503 g/mol. The van der Waals surface area contributed by atoms with Crippen LogP contribution in [0.3, 0.4) is 0 Å². The zero-order chi connectivity index (χ0) is 26.9. The van der Waals surface area contributed by atoms with Crippen LogP contribution in [-0.2, 0) is 13.8 Å². The number of hydrogen-bond acceptors (Lipinski definition) is 4. The highest BCUT2D eigenvalue weighted by Crippen LogP contribution is 2.51. The van der Waals surface area contributed by atoms with E-state index < -0.39 is 25.5 Å². The fraction of sp³-hybridized carbons (Fsp3) is 0.0882. The van der Waals surface area contributed by atoms with Crippen LogP contribution in [0.1, 0.15) is 40.1 Å². The van der Waals surface area contributed by atoms with Crippen molar-refractivity contribution in [3.63, 3.8) is 0 Å². The lowest BCUT2D eigenvalue weighted by Crippen LogP contribution is -2.22. The molecule has 0 fully saturated rings. The van der Waals surface area contributed by atoms with Gasteiger partial charge < -0.3 is 9.26 Å². The minimum Gasteiger partial charge on any atom is -0.454 e. The first-order valence-electron chi connectivity index (χ1n) is 12.9. The predicted octanol–water partition coefficient (Wildman–Crippen LogP) is 7.66. The van der Waals surface area contributed by atoms with Crippen LogP contribution in [0.25, 0.3) is 0 Å². The average molecular weight is 533 g/mol. The minimum atomic E-state index is -3.53. The summed E-state index contributed by atoms with van der Waals surface area (Å²) in [6, 6.07) is 46.8. The molecule has 0 saturated carbocycles. The Balaban J connectivity index is 1.55. The number of hydrogen-bond donors (Lipinski definition) is 0. The van der Waals surface area contributed by atoms with E-state index in [2.05, 4.69) is 0 Å². The third-order valence-electron chi connectivity index (χ3n) is 6.50. The maximum atomic E-state index is 14.8. The van der Waals surface area contributed by atoms with Gasteiger partial charge in [-0.25, -0.2) is 4.79 Å². The maximum Gasteiger partial charge on any atom is 0.338 e. The molecule has 0 aliphatic carbocycles. The summed E-state index contributed by atoms with van der Waals surface area (Å²) in [5.41, 5.74) is 2.15. The molecule has 0 aliphatic heterocycles. The standard InChI is InChI=1S/C34H29O4P/c35-34(29-20-10-3-11-21-29)37-32(27-16-6-1-7-17-27)26-33(28-18-8-2-9-19-28)38-39(36,30-22-12-4-13-23-30)31-24-14-5-15-25-31/h1-25,32-33H,26H2. The van der Waals surface area contributed by atoms with Gasteiger partial charge in [-0.2, -0.15) is 0 Å². The van der Waals surface area contributed by atoms with Crippen LogP contribution < -0.4 is 10.6 Å². The van der Waals surface area contributed by atoms with E-state index in [1.165, 1.54) is 0 Å². The van der Waals surface area contributed by atoms with Crippen LogP contribution in [0.15, 0.2) is 152 Å². The lowest BCUT2D eigenvalue weighted by Gasteiger charge is -2.29. The number of rotatable bonds is 10.